The standard InChI is InChI=1S/C11H13F2NO2S/c1-17(15,16)10-5-8(12)4-9(11(10)13)7-2-3-14-6-7/h4-5,7,14H,2-3,6H2,1H3. The highest BCUT2D eigenvalue weighted by Gasteiger charge is 2.25. The van der Waals surface area contributed by atoms with E-state index in [0.717, 1.165) is 24.9 Å². The van der Waals surface area contributed by atoms with Crippen LogP contribution in [0.15, 0.2) is 17.0 Å². The van der Waals surface area contributed by atoms with Gasteiger partial charge in [-0.15, -0.1) is 0 Å². The lowest BCUT2D eigenvalue weighted by atomic mass is 9.98. The van der Waals surface area contributed by atoms with Gasteiger partial charge >= 0.3 is 0 Å². The van der Waals surface area contributed by atoms with Crippen molar-refractivity contribution in [1.29, 1.82) is 0 Å². The van der Waals surface area contributed by atoms with Crippen LogP contribution in [0.25, 0.3) is 0 Å². The van der Waals surface area contributed by atoms with E-state index in [9.17, 15) is 17.2 Å². The molecular weight excluding hydrogens is 248 g/mol. The summed E-state index contributed by atoms with van der Waals surface area (Å²) in [7, 11) is -3.74. The molecule has 1 aromatic carbocycles. The minimum atomic E-state index is -3.74. The number of halogens is 2. The summed E-state index contributed by atoms with van der Waals surface area (Å²) in [4.78, 5) is -0.556. The first-order valence-electron chi connectivity index (χ1n) is 5.29. The zero-order valence-corrected chi connectivity index (χ0v) is 10.2. The van der Waals surface area contributed by atoms with E-state index in [4.69, 9.17) is 0 Å². The van der Waals surface area contributed by atoms with Gasteiger partial charge in [0.15, 0.2) is 9.84 Å². The quantitative estimate of drug-likeness (QED) is 0.876. The number of rotatable bonds is 2. The van der Waals surface area contributed by atoms with Gasteiger partial charge in [0.2, 0.25) is 0 Å². The Hall–Kier alpha value is -1.01. The smallest absolute Gasteiger partial charge is 0.178 e. The molecule has 1 unspecified atom stereocenters. The van der Waals surface area contributed by atoms with Crippen LogP contribution in [0.5, 0.6) is 0 Å². The lowest BCUT2D eigenvalue weighted by Crippen LogP contribution is -2.11. The Morgan fingerprint density at radius 1 is 1.35 bits per heavy atom. The Bertz CT molecular complexity index is 537. The maximum Gasteiger partial charge on any atom is 0.178 e. The molecule has 1 saturated heterocycles. The van der Waals surface area contributed by atoms with Crippen molar-refractivity contribution in [1.82, 2.24) is 5.32 Å². The fraction of sp³-hybridized carbons (Fsp3) is 0.455. The van der Waals surface area contributed by atoms with Gasteiger partial charge in [-0.05, 0) is 30.7 Å². The second-order valence-corrected chi connectivity index (χ2v) is 6.25. The molecule has 0 aliphatic carbocycles. The lowest BCUT2D eigenvalue weighted by molar-refractivity contribution is 0.531. The van der Waals surface area contributed by atoms with Gasteiger partial charge in [-0.1, -0.05) is 0 Å². The van der Waals surface area contributed by atoms with Crippen molar-refractivity contribution in [3.8, 4) is 0 Å². The summed E-state index contributed by atoms with van der Waals surface area (Å²) in [6, 6.07) is 1.82. The van der Waals surface area contributed by atoms with Crippen LogP contribution in [0, 0.1) is 11.6 Å². The van der Waals surface area contributed by atoms with Crippen LogP contribution in [0.4, 0.5) is 8.78 Å². The molecule has 0 saturated carbocycles. The van der Waals surface area contributed by atoms with Crippen molar-refractivity contribution in [3.63, 3.8) is 0 Å². The van der Waals surface area contributed by atoms with Crippen LogP contribution in [0.1, 0.15) is 17.9 Å². The van der Waals surface area contributed by atoms with Gasteiger partial charge in [0, 0.05) is 18.7 Å². The Morgan fingerprint density at radius 2 is 2.06 bits per heavy atom. The summed E-state index contributed by atoms with van der Waals surface area (Å²) in [5.74, 6) is -1.69. The Labute approximate surface area is 98.8 Å². The van der Waals surface area contributed by atoms with Gasteiger partial charge < -0.3 is 5.32 Å². The monoisotopic (exact) mass is 261 g/mol. The van der Waals surface area contributed by atoms with E-state index >= 15 is 0 Å². The highest BCUT2D eigenvalue weighted by molar-refractivity contribution is 7.90. The van der Waals surface area contributed by atoms with Crippen molar-refractivity contribution >= 4 is 9.84 Å². The molecule has 1 atom stereocenters. The maximum absolute atomic E-state index is 14.0. The van der Waals surface area contributed by atoms with E-state index in [1.807, 2.05) is 0 Å². The zero-order chi connectivity index (χ0) is 12.6. The topological polar surface area (TPSA) is 46.2 Å². The van der Waals surface area contributed by atoms with Crippen molar-refractivity contribution in [2.45, 2.75) is 17.2 Å². The Balaban J connectivity index is 2.57. The van der Waals surface area contributed by atoms with Gasteiger partial charge in [0.1, 0.15) is 16.5 Å². The molecule has 0 spiro atoms. The fourth-order valence-corrected chi connectivity index (χ4v) is 2.84. The summed E-state index contributed by atoms with van der Waals surface area (Å²) < 4.78 is 50.1. The summed E-state index contributed by atoms with van der Waals surface area (Å²) in [5, 5.41) is 3.04. The molecule has 0 aromatic heterocycles. The number of sulfone groups is 1. The van der Waals surface area contributed by atoms with Crippen LogP contribution in [0.2, 0.25) is 0 Å². The third-order valence-electron chi connectivity index (χ3n) is 2.93. The predicted octanol–water partition coefficient (Wildman–Crippen LogP) is 1.45. The molecule has 1 fully saturated rings. The third kappa shape index (κ3) is 2.47. The zero-order valence-electron chi connectivity index (χ0n) is 9.33. The number of nitrogens with one attached hydrogen (secondary N) is 1. The van der Waals surface area contributed by atoms with Crippen LogP contribution >= 0.6 is 0 Å². The number of benzene rings is 1. The summed E-state index contributed by atoms with van der Waals surface area (Å²) in [6.45, 7) is 1.28. The minimum Gasteiger partial charge on any atom is -0.316 e. The Morgan fingerprint density at radius 3 is 2.59 bits per heavy atom. The van der Waals surface area contributed by atoms with E-state index in [2.05, 4.69) is 5.32 Å². The Kier molecular flexibility index (Phi) is 3.18. The second kappa shape index (κ2) is 4.34. The summed E-state index contributed by atoms with van der Waals surface area (Å²) in [6.07, 6.45) is 1.56. The molecule has 0 bridgehead atoms. The lowest BCUT2D eigenvalue weighted by Gasteiger charge is -2.12. The average Bonchev–Trinajstić information content (AvgIpc) is 2.72. The van der Waals surface area contributed by atoms with Gasteiger partial charge in [-0.2, -0.15) is 0 Å². The highest BCUT2D eigenvalue weighted by Crippen LogP contribution is 2.29. The normalized spacial score (nSPS) is 20.8. The molecule has 17 heavy (non-hydrogen) atoms. The van der Waals surface area contributed by atoms with E-state index in [0.29, 0.717) is 13.0 Å². The molecule has 1 aliphatic heterocycles. The van der Waals surface area contributed by atoms with Crippen molar-refractivity contribution < 1.29 is 17.2 Å². The molecule has 1 aromatic rings. The molecule has 0 amide bonds. The van der Waals surface area contributed by atoms with Gasteiger partial charge in [-0.25, -0.2) is 17.2 Å². The van der Waals surface area contributed by atoms with E-state index in [1.165, 1.54) is 0 Å². The number of hydrogen-bond acceptors (Lipinski definition) is 3. The maximum atomic E-state index is 14.0. The van der Waals surface area contributed by atoms with E-state index < -0.39 is 26.4 Å². The fourth-order valence-electron chi connectivity index (χ4n) is 2.07. The van der Waals surface area contributed by atoms with Crippen molar-refractivity contribution in [2.24, 2.45) is 0 Å². The molecule has 0 radical (unpaired) electrons. The molecule has 1 N–H and O–H groups in total. The first-order chi connectivity index (χ1) is 7.89. The highest BCUT2D eigenvalue weighted by atomic mass is 32.2. The third-order valence-corrected chi connectivity index (χ3v) is 4.03. The largest absolute Gasteiger partial charge is 0.316 e. The van der Waals surface area contributed by atoms with Crippen LogP contribution < -0.4 is 5.32 Å². The molecule has 1 heterocycles. The SMILES string of the molecule is CS(=O)(=O)c1cc(F)cc(C2CCNC2)c1F. The minimum absolute atomic E-state index is 0.149. The van der Waals surface area contributed by atoms with Crippen molar-refractivity contribution in [3.05, 3.63) is 29.3 Å². The number of hydrogen-bond donors (Lipinski definition) is 1. The van der Waals surface area contributed by atoms with E-state index in [-0.39, 0.29) is 11.5 Å². The predicted molar refractivity (Wildman–Crippen MR) is 59.7 cm³/mol. The molecule has 94 valence electrons. The average molecular weight is 261 g/mol. The summed E-state index contributed by atoms with van der Waals surface area (Å²) in [5.41, 5.74) is 0.149. The molecule has 2 rings (SSSR count). The second-order valence-electron chi connectivity index (χ2n) is 4.27. The van der Waals surface area contributed by atoms with Crippen LogP contribution in [-0.2, 0) is 9.84 Å². The molecule has 6 heteroatoms. The first kappa shape index (κ1) is 12.4. The van der Waals surface area contributed by atoms with Gasteiger partial charge in [-0.3, -0.25) is 0 Å². The van der Waals surface area contributed by atoms with Gasteiger partial charge in [0.25, 0.3) is 0 Å². The molecule has 3 nitrogen and oxygen atoms in total. The van der Waals surface area contributed by atoms with Crippen molar-refractivity contribution in [2.75, 3.05) is 19.3 Å². The van der Waals surface area contributed by atoms with Crippen LogP contribution in [0.3, 0.4) is 0 Å². The molecular formula is C11H13F2NO2S. The van der Waals surface area contributed by atoms with Crippen LogP contribution in [-0.4, -0.2) is 27.8 Å². The first-order valence-corrected chi connectivity index (χ1v) is 7.18. The summed E-state index contributed by atoms with van der Waals surface area (Å²) >= 11 is 0. The molecule has 1 aliphatic rings. The van der Waals surface area contributed by atoms with Gasteiger partial charge in [0.05, 0.1) is 0 Å². The van der Waals surface area contributed by atoms with E-state index in [1.54, 1.807) is 0 Å².